The molecule has 2 saturated heterocycles. The molecule has 174 valence electrons. The first-order valence-electron chi connectivity index (χ1n) is 9.87. The van der Waals surface area contributed by atoms with E-state index in [0.717, 1.165) is 10.3 Å². The number of unbranched alkanes of at least 4 members (excludes halogenated alkanes) is 2. The summed E-state index contributed by atoms with van der Waals surface area (Å²) in [6, 6.07) is 5.55. The van der Waals surface area contributed by atoms with E-state index in [1.54, 1.807) is 6.07 Å². The fourth-order valence-electron chi connectivity index (χ4n) is 2.70. The van der Waals surface area contributed by atoms with Gasteiger partial charge in [0.05, 0.1) is 13.2 Å². The van der Waals surface area contributed by atoms with Crippen molar-refractivity contribution >= 4 is 15.9 Å². The molecule has 0 radical (unpaired) electrons. The molecule has 0 saturated carbocycles. The molecule has 8 nitrogen and oxygen atoms in total. The van der Waals surface area contributed by atoms with Gasteiger partial charge in [-0.1, -0.05) is 6.42 Å². The van der Waals surface area contributed by atoms with E-state index in [2.05, 4.69) is 0 Å². The molecular formula is C19H24F3NO7S. The minimum atomic E-state index is -5.65. The lowest BCUT2D eigenvalue weighted by molar-refractivity contribution is -0.120. The third-order valence-electron chi connectivity index (χ3n) is 4.54. The van der Waals surface area contributed by atoms with Crippen molar-refractivity contribution in [2.45, 2.75) is 49.8 Å². The SMILES string of the molecule is O=C(CCCCCc1cc(OCC2CO2)cc(OCC2CO2)c1)NS(=O)(=O)C(F)(F)F. The first kappa shape index (κ1) is 23.6. The van der Waals surface area contributed by atoms with Crippen LogP contribution in [0, 0.1) is 0 Å². The summed E-state index contributed by atoms with van der Waals surface area (Å²) < 4.78 is 81.3. The highest BCUT2D eigenvalue weighted by atomic mass is 32.2. The fraction of sp³-hybridized carbons (Fsp3) is 0.632. The largest absolute Gasteiger partial charge is 0.516 e. The molecule has 31 heavy (non-hydrogen) atoms. The molecule has 2 atom stereocenters. The van der Waals surface area contributed by atoms with E-state index in [1.165, 1.54) is 0 Å². The van der Waals surface area contributed by atoms with Crippen LogP contribution in [0.4, 0.5) is 13.2 Å². The Morgan fingerprint density at radius 2 is 1.55 bits per heavy atom. The first-order chi connectivity index (χ1) is 14.6. The topological polar surface area (TPSA) is 107 Å². The molecule has 1 N–H and O–H groups in total. The number of hydrogen-bond acceptors (Lipinski definition) is 7. The number of amides is 1. The van der Waals surface area contributed by atoms with Crippen LogP contribution in [0.15, 0.2) is 18.2 Å². The average Bonchev–Trinajstić information content (AvgIpc) is 3.58. The fourth-order valence-corrected chi connectivity index (χ4v) is 3.22. The Morgan fingerprint density at radius 1 is 1.00 bits per heavy atom. The molecule has 1 aromatic rings. The number of rotatable bonds is 13. The van der Waals surface area contributed by atoms with Gasteiger partial charge >= 0.3 is 15.5 Å². The van der Waals surface area contributed by atoms with Crippen LogP contribution in [0.1, 0.15) is 31.2 Å². The molecule has 1 aromatic carbocycles. The van der Waals surface area contributed by atoms with Crippen molar-refractivity contribution in [1.82, 2.24) is 4.72 Å². The van der Waals surface area contributed by atoms with E-state index in [1.807, 2.05) is 12.1 Å². The maximum absolute atomic E-state index is 12.3. The van der Waals surface area contributed by atoms with Crippen LogP contribution in [0.25, 0.3) is 0 Å². The number of sulfonamides is 1. The zero-order valence-corrected chi connectivity index (χ0v) is 17.5. The maximum atomic E-state index is 12.3. The van der Waals surface area contributed by atoms with E-state index in [4.69, 9.17) is 18.9 Å². The summed E-state index contributed by atoms with van der Waals surface area (Å²) in [5.41, 5.74) is -4.56. The van der Waals surface area contributed by atoms with Gasteiger partial charge in [0, 0.05) is 12.5 Å². The van der Waals surface area contributed by atoms with Gasteiger partial charge in [-0.2, -0.15) is 21.6 Å². The molecule has 2 aliphatic rings. The van der Waals surface area contributed by atoms with Crippen molar-refractivity contribution < 1.29 is 45.3 Å². The van der Waals surface area contributed by atoms with E-state index in [0.29, 0.717) is 57.2 Å². The van der Waals surface area contributed by atoms with Gasteiger partial charge in [0.1, 0.15) is 36.9 Å². The molecule has 0 aliphatic carbocycles. The number of hydrogen-bond donors (Lipinski definition) is 1. The van der Waals surface area contributed by atoms with Gasteiger partial charge in [-0.3, -0.25) is 4.79 Å². The van der Waals surface area contributed by atoms with E-state index in [9.17, 15) is 26.4 Å². The number of ether oxygens (including phenoxy) is 4. The van der Waals surface area contributed by atoms with Crippen molar-refractivity contribution in [3.63, 3.8) is 0 Å². The molecule has 3 rings (SSSR count). The predicted molar refractivity (Wildman–Crippen MR) is 102 cm³/mol. The summed E-state index contributed by atoms with van der Waals surface area (Å²) in [6.45, 7) is 2.26. The number of aryl methyl sites for hydroxylation is 1. The molecule has 0 bridgehead atoms. The van der Waals surface area contributed by atoms with Crippen LogP contribution in [0.2, 0.25) is 0 Å². The Labute approximate surface area is 178 Å². The smallest absolute Gasteiger partial charge is 0.491 e. The van der Waals surface area contributed by atoms with Crippen molar-refractivity contribution in [3.05, 3.63) is 23.8 Å². The van der Waals surface area contributed by atoms with Crippen LogP contribution < -0.4 is 14.2 Å². The number of benzene rings is 1. The first-order valence-corrected chi connectivity index (χ1v) is 11.4. The number of halogens is 3. The quantitative estimate of drug-likeness (QED) is 0.350. The zero-order chi connectivity index (χ0) is 22.5. The second-order valence-corrected chi connectivity index (χ2v) is 9.05. The molecule has 2 fully saturated rings. The van der Waals surface area contributed by atoms with Gasteiger partial charge in [-0.15, -0.1) is 0 Å². The highest BCUT2D eigenvalue weighted by Gasteiger charge is 2.46. The number of epoxide rings is 2. The van der Waals surface area contributed by atoms with Crippen molar-refractivity contribution in [2.24, 2.45) is 0 Å². The average molecular weight is 467 g/mol. The Kier molecular flexibility index (Phi) is 7.65. The monoisotopic (exact) mass is 467 g/mol. The summed E-state index contributed by atoms with van der Waals surface area (Å²) in [6.07, 6.45) is 1.99. The number of carbonyl (C=O) groups is 1. The predicted octanol–water partition coefficient (Wildman–Crippen LogP) is 2.31. The minimum absolute atomic E-state index is 0.111. The maximum Gasteiger partial charge on any atom is 0.516 e. The van der Waals surface area contributed by atoms with Crippen molar-refractivity contribution in [1.29, 1.82) is 0 Å². The van der Waals surface area contributed by atoms with Gasteiger partial charge in [-0.25, -0.2) is 4.72 Å². The summed E-state index contributed by atoms with van der Waals surface area (Å²) >= 11 is 0. The molecule has 12 heteroatoms. The van der Waals surface area contributed by atoms with Crippen LogP contribution in [-0.2, 0) is 30.7 Å². The molecule has 2 aliphatic heterocycles. The Bertz CT molecular complexity index is 833. The third kappa shape index (κ3) is 8.19. The lowest BCUT2D eigenvalue weighted by Gasteiger charge is -2.12. The van der Waals surface area contributed by atoms with Crippen LogP contribution in [0.3, 0.4) is 0 Å². The Morgan fingerprint density at radius 3 is 2.03 bits per heavy atom. The van der Waals surface area contributed by atoms with E-state index < -0.39 is 21.4 Å². The minimum Gasteiger partial charge on any atom is -0.491 e. The highest BCUT2D eigenvalue weighted by Crippen LogP contribution is 2.26. The second kappa shape index (κ2) is 10.0. The zero-order valence-electron chi connectivity index (χ0n) is 16.7. The van der Waals surface area contributed by atoms with Crippen molar-refractivity contribution in [3.8, 4) is 11.5 Å². The van der Waals surface area contributed by atoms with Gasteiger partial charge in [0.2, 0.25) is 5.91 Å². The summed E-state index contributed by atoms with van der Waals surface area (Å²) in [4.78, 5) is 11.4. The molecule has 2 unspecified atom stereocenters. The van der Waals surface area contributed by atoms with E-state index in [-0.39, 0.29) is 25.0 Å². The van der Waals surface area contributed by atoms with Crippen LogP contribution in [0.5, 0.6) is 11.5 Å². The summed E-state index contributed by atoms with van der Waals surface area (Å²) in [5.74, 6) is 0.126. The summed E-state index contributed by atoms with van der Waals surface area (Å²) in [5, 5.41) is 0. The second-order valence-electron chi connectivity index (χ2n) is 7.38. The van der Waals surface area contributed by atoms with E-state index >= 15 is 0 Å². The Balaban J connectivity index is 1.43. The van der Waals surface area contributed by atoms with Gasteiger partial charge in [0.15, 0.2) is 0 Å². The third-order valence-corrected chi connectivity index (χ3v) is 5.64. The van der Waals surface area contributed by atoms with Gasteiger partial charge in [-0.05, 0) is 37.0 Å². The normalized spacial score (nSPS) is 20.2. The molecule has 1 amide bonds. The molecule has 0 aromatic heterocycles. The summed E-state index contributed by atoms with van der Waals surface area (Å²) in [7, 11) is -5.65. The van der Waals surface area contributed by atoms with Gasteiger partial charge in [0.25, 0.3) is 0 Å². The van der Waals surface area contributed by atoms with Gasteiger partial charge < -0.3 is 18.9 Å². The molecule has 0 spiro atoms. The van der Waals surface area contributed by atoms with Crippen molar-refractivity contribution in [2.75, 3.05) is 26.4 Å². The van der Waals surface area contributed by atoms with Crippen LogP contribution >= 0.6 is 0 Å². The highest BCUT2D eigenvalue weighted by molar-refractivity contribution is 7.90. The lowest BCUT2D eigenvalue weighted by atomic mass is 10.1. The molecular weight excluding hydrogens is 443 g/mol. The number of nitrogens with one attached hydrogen (secondary N) is 1. The number of carbonyl (C=O) groups excluding carboxylic acids is 1. The Hall–Kier alpha value is -2.05. The molecule has 2 heterocycles. The lowest BCUT2D eigenvalue weighted by Crippen LogP contribution is -2.40. The number of alkyl halides is 3. The van der Waals surface area contributed by atoms with Crippen LogP contribution in [-0.4, -0.2) is 58.5 Å². The standard InChI is InChI=1S/C19H24F3NO7S/c20-19(21,22)31(25,26)23-18(24)5-3-1-2-4-13-6-14(27-9-16-11-29-16)8-15(7-13)28-10-17-12-30-17/h6-8,16-17H,1-5,9-12H2,(H,23,24).